The van der Waals surface area contributed by atoms with Gasteiger partial charge in [0.05, 0.1) is 36.7 Å². The standard InChI is InChI=1S/C22H24F3N3O3/c23-22(24,25)17-5-6-19(28-8-10-30-11-9-28)18(13-17)26-21(29)15-27-7-12-31-20-4-2-1-3-16(20)14-27/h1-6,13H,7-12,14-15H2,(H,26,29). The summed E-state index contributed by atoms with van der Waals surface area (Å²) in [5, 5.41) is 2.71. The van der Waals surface area contributed by atoms with Gasteiger partial charge in [-0.2, -0.15) is 13.2 Å². The number of carbonyl (C=O) groups excluding carboxylic acids is 1. The van der Waals surface area contributed by atoms with Gasteiger partial charge in [0.25, 0.3) is 0 Å². The molecule has 2 aromatic carbocycles. The maximum atomic E-state index is 13.3. The topological polar surface area (TPSA) is 54.0 Å². The molecule has 0 aromatic heterocycles. The Labute approximate surface area is 178 Å². The summed E-state index contributed by atoms with van der Waals surface area (Å²) in [7, 11) is 0. The predicted octanol–water partition coefficient (Wildman–Crippen LogP) is 3.38. The minimum absolute atomic E-state index is 0.0521. The molecule has 0 spiro atoms. The van der Waals surface area contributed by atoms with Crippen LogP contribution in [-0.2, 0) is 22.3 Å². The second kappa shape index (κ2) is 9.15. The number of rotatable bonds is 4. The molecular formula is C22H24F3N3O3. The molecule has 166 valence electrons. The molecule has 2 aliphatic rings. The molecule has 4 rings (SSSR count). The van der Waals surface area contributed by atoms with E-state index in [1.165, 1.54) is 6.07 Å². The lowest BCUT2D eigenvalue weighted by molar-refractivity contribution is -0.137. The highest BCUT2D eigenvalue weighted by atomic mass is 19.4. The van der Waals surface area contributed by atoms with Crippen LogP contribution in [0.25, 0.3) is 0 Å². The number of amides is 1. The molecule has 0 aliphatic carbocycles. The predicted molar refractivity (Wildman–Crippen MR) is 110 cm³/mol. The SMILES string of the molecule is O=C(CN1CCOc2ccccc2C1)Nc1cc(C(F)(F)F)ccc1N1CCOCC1. The normalized spacial score (nSPS) is 17.5. The molecule has 0 saturated carbocycles. The van der Waals surface area contributed by atoms with Crippen molar-refractivity contribution in [3.8, 4) is 5.75 Å². The summed E-state index contributed by atoms with van der Waals surface area (Å²) in [6, 6.07) is 11.1. The van der Waals surface area contributed by atoms with Gasteiger partial charge in [-0.05, 0) is 24.3 Å². The Morgan fingerprint density at radius 3 is 2.58 bits per heavy atom. The minimum Gasteiger partial charge on any atom is -0.492 e. The van der Waals surface area contributed by atoms with E-state index in [1.807, 2.05) is 34.1 Å². The Bertz CT molecular complexity index is 930. The third kappa shape index (κ3) is 5.29. The van der Waals surface area contributed by atoms with E-state index >= 15 is 0 Å². The van der Waals surface area contributed by atoms with Gasteiger partial charge in [-0.1, -0.05) is 18.2 Å². The number of hydrogen-bond acceptors (Lipinski definition) is 5. The Morgan fingerprint density at radius 1 is 1.03 bits per heavy atom. The molecule has 31 heavy (non-hydrogen) atoms. The Kier molecular flexibility index (Phi) is 6.33. The van der Waals surface area contributed by atoms with Crippen LogP contribution in [0.1, 0.15) is 11.1 Å². The molecule has 0 bridgehead atoms. The van der Waals surface area contributed by atoms with Crippen molar-refractivity contribution in [1.29, 1.82) is 0 Å². The lowest BCUT2D eigenvalue weighted by Crippen LogP contribution is -2.38. The van der Waals surface area contributed by atoms with Crippen LogP contribution in [0.2, 0.25) is 0 Å². The fraction of sp³-hybridized carbons (Fsp3) is 0.409. The van der Waals surface area contributed by atoms with Crippen molar-refractivity contribution in [1.82, 2.24) is 4.90 Å². The van der Waals surface area contributed by atoms with Gasteiger partial charge in [-0.3, -0.25) is 9.69 Å². The van der Waals surface area contributed by atoms with Gasteiger partial charge in [0.1, 0.15) is 12.4 Å². The number of nitrogens with zero attached hydrogens (tertiary/aromatic N) is 2. The second-order valence-corrected chi connectivity index (χ2v) is 7.54. The number of morpholine rings is 1. The van der Waals surface area contributed by atoms with Crippen LogP contribution in [0.5, 0.6) is 5.75 Å². The maximum Gasteiger partial charge on any atom is 0.416 e. The van der Waals surface area contributed by atoms with Crippen LogP contribution in [0.15, 0.2) is 42.5 Å². The van der Waals surface area contributed by atoms with E-state index in [2.05, 4.69) is 5.32 Å². The Morgan fingerprint density at radius 2 is 1.81 bits per heavy atom. The van der Waals surface area contributed by atoms with Crippen LogP contribution < -0.4 is 15.0 Å². The largest absolute Gasteiger partial charge is 0.492 e. The van der Waals surface area contributed by atoms with Crippen LogP contribution >= 0.6 is 0 Å². The summed E-state index contributed by atoms with van der Waals surface area (Å²) in [5.41, 5.74) is 0.903. The zero-order valence-electron chi connectivity index (χ0n) is 17.0. The number of hydrogen-bond donors (Lipinski definition) is 1. The highest BCUT2D eigenvalue weighted by molar-refractivity contribution is 5.95. The molecule has 6 nitrogen and oxygen atoms in total. The number of halogens is 3. The monoisotopic (exact) mass is 435 g/mol. The maximum absolute atomic E-state index is 13.3. The zero-order chi connectivity index (χ0) is 21.8. The molecule has 2 heterocycles. The Hall–Kier alpha value is -2.78. The molecule has 0 unspecified atom stereocenters. The molecule has 1 amide bonds. The van der Waals surface area contributed by atoms with Gasteiger partial charge in [-0.15, -0.1) is 0 Å². The van der Waals surface area contributed by atoms with E-state index in [0.29, 0.717) is 51.7 Å². The molecular weight excluding hydrogens is 411 g/mol. The number of anilines is 2. The first-order chi connectivity index (χ1) is 14.9. The lowest BCUT2D eigenvalue weighted by atomic mass is 10.1. The van der Waals surface area contributed by atoms with Crippen molar-refractivity contribution in [2.45, 2.75) is 12.7 Å². The van der Waals surface area contributed by atoms with Crippen LogP contribution in [-0.4, -0.2) is 56.8 Å². The number of para-hydroxylation sites is 1. The van der Waals surface area contributed by atoms with Gasteiger partial charge >= 0.3 is 6.18 Å². The third-order valence-corrected chi connectivity index (χ3v) is 5.35. The van der Waals surface area contributed by atoms with Crippen molar-refractivity contribution in [2.75, 3.05) is 56.2 Å². The second-order valence-electron chi connectivity index (χ2n) is 7.54. The van der Waals surface area contributed by atoms with Gasteiger partial charge < -0.3 is 19.7 Å². The zero-order valence-corrected chi connectivity index (χ0v) is 17.0. The van der Waals surface area contributed by atoms with Gasteiger partial charge in [0, 0.05) is 31.7 Å². The lowest BCUT2D eigenvalue weighted by Gasteiger charge is -2.31. The number of alkyl halides is 3. The minimum atomic E-state index is -4.49. The first-order valence-corrected chi connectivity index (χ1v) is 10.2. The summed E-state index contributed by atoms with van der Waals surface area (Å²) in [4.78, 5) is 16.6. The van der Waals surface area contributed by atoms with Gasteiger partial charge in [0.15, 0.2) is 0 Å². The fourth-order valence-electron chi connectivity index (χ4n) is 3.80. The van der Waals surface area contributed by atoms with E-state index < -0.39 is 11.7 Å². The van der Waals surface area contributed by atoms with Crippen LogP contribution in [0.3, 0.4) is 0 Å². The number of fused-ring (bicyclic) bond motifs is 1. The average molecular weight is 435 g/mol. The van der Waals surface area contributed by atoms with Gasteiger partial charge in [-0.25, -0.2) is 0 Å². The van der Waals surface area contributed by atoms with Gasteiger partial charge in [0.2, 0.25) is 5.91 Å². The summed E-state index contributed by atoms with van der Waals surface area (Å²) >= 11 is 0. The van der Waals surface area contributed by atoms with E-state index in [9.17, 15) is 18.0 Å². The quantitative estimate of drug-likeness (QED) is 0.798. The molecule has 1 saturated heterocycles. The first kappa shape index (κ1) is 21.5. The number of benzene rings is 2. The molecule has 2 aliphatic heterocycles. The smallest absolute Gasteiger partial charge is 0.416 e. The van der Waals surface area contributed by atoms with E-state index in [-0.39, 0.29) is 18.1 Å². The third-order valence-electron chi connectivity index (χ3n) is 5.35. The molecule has 9 heteroatoms. The molecule has 2 aromatic rings. The van der Waals surface area contributed by atoms with E-state index in [1.54, 1.807) is 0 Å². The van der Waals surface area contributed by atoms with E-state index in [4.69, 9.17) is 9.47 Å². The van der Waals surface area contributed by atoms with Crippen LogP contribution in [0.4, 0.5) is 24.5 Å². The number of nitrogens with one attached hydrogen (secondary N) is 1. The van der Waals surface area contributed by atoms with Crippen LogP contribution in [0, 0.1) is 0 Å². The number of carbonyl (C=O) groups is 1. The first-order valence-electron chi connectivity index (χ1n) is 10.2. The number of ether oxygens (including phenoxy) is 2. The summed E-state index contributed by atoms with van der Waals surface area (Å²) in [5.74, 6) is 0.422. The van der Waals surface area contributed by atoms with Crippen molar-refractivity contribution < 1.29 is 27.4 Å². The van der Waals surface area contributed by atoms with Crippen molar-refractivity contribution >= 4 is 17.3 Å². The van der Waals surface area contributed by atoms with Crippen molar-refractivity contribution in [3.63, 3.8) is 0 Å². The summed E-state index contributed by atoms with van der Waals surface area (Å²) in [6.07, 6.45) is -4.49. The molecule has 1 fully saturated rings. The molecule has 0 atom stereocenters. The summed E-state index contributed by atoms with van der Waals surface area (Å²) < 4.78 is 50.9. The molecule has 0 radical (unpaired) electrons. The highest BCUT2D eigenvalue weighted by Gasteiger charge is 2.32. The molecule has 1 N–H and O–H groups in total. The fourth-order valence-corrected chi connectivity index (χ4v) is 3.80. The highest BCUT2D eigenvalue weighted by Crippen LogP contribution is 2.36. The van der Waals surface area contributed by atoms with E-state index in [0.717, 1.165) is 23.4 Å². The summed E-state index contributed by atoms with van der Waals surface area (Å²) in [6.45, 7) is 3.64. The van der Waals surface area contributed by atoms with Crippen molar-refractivity contribution in [3.05, 3.63) is 53.6 Å². The van der Waals surface area contributed by atoms with Crippen molar-refractivity contribution in [2.24, 2.45) is 0 Å². The Balaban J connectivity index is 1.51. The average Bonchev–Trinajstić information content (AvgIpc) is 2.95.